The molecule has 0 saturated carbocycles. The summed E-state index contributed by atoms with van der Waals surface area (Å²) in [5.41, 5.74) is 1.58. The first-order valence-electron chi connectivity index (χ1n) is 27.2. The van der Waals surface area contributed by atoms with E-state index >= 15 is 0 Å². The third-order valence-corrected chi connectivity index (χ3v) is 16.8. The molecule has 16 nitrogen and oxygen atoms in total. The fourth-order valence-electron chi connectivity index (χ4n) is 10.8. The molecule has 0 aliphatic carbocycles. The SMILES string of the molecule is CC1OC(COC2OC(COC3OC(COC4OC(CO)C(C)C(C)C4OC(=O)c4ccccc4)C(C)C(C)C3OC(=O)c3ccccc3)C(C)C(C)C2OC(=O)c2ccccc2)C(C)C(C)C1OC(=O)c1ccccc1. The number of aliphatic hydroxyl groups is 1. The Bertz CT molecular complexity index is 2520. The van der Waals surface area contributed by atoms with E-state index in [0.29, 0.717) is 22.3 Å². The number of esters is 4. The van der Waals surface area contributed by atoms with Crippen molar-refractivity contribution in [1.82, 2.24) is 0 Å². The van der Waals surface area contributed by atoms with Crippen molar-refractivity contribution in [3.8, 4) is 0 Å². The normalized spacial score (nSPS) is 35.2. The maximum absolute atomic E-state index is 13.8. The minimum absolute atomic E-state index is 0.0269. The van der Waals surface area contributed by atoms with E-state index in [4.69, 9.17) is 52.1 Å². The van der Waals surface area contributed by atoms with Crippen LogP contribution in [-0.2, 0) is 52.1 Å². The largest absolute Gasteiger partial charge is 0.456 e. The number of ether oxygens (including phenoxy) is 11. The maximum Gasteiger partial charge on any atom is 0.338 e. The molecule has 20 unspecified atom stereocenters. The van der Waals surface area contributed by atoms with Crippen LogP contribution in [0.5, 0.6) is 0 Å². The number of benzene rings is 4. The Morgan fingerprint density at radius 1 is 0.351 bits per heavy atom. The van der Waals surface area contributed by atoms with Gasteiger partial charge >= 0.3 is 23.9 Å². The van der Waals surface area contributed by atoms with Crippen LogP contribution in [0.2, 0.25) is 0 Å². The molecule has 20 atom stereocenters. The van der Waals surface area contributed by atoms with Gasteiger partial charge in [0.1, 0.15) is 6.10 Å². The van der Waals surface area contributed by atoms with Gasteiger partial charge in [-0.15, -0.1) is 0 Å². The zero-order valence-electron chi connectivity index (χ0n) is 45.5. The number of hydrogen-bond acceptors (Lipinski definition) is 16. The third kappa shape index (κ3) is 13.7. The Hall–Kier alpha value is -5.56. The lowest BCUT2D eigenvalue weighted by Gasteiger charge is -2.47. The first kappa shape index (κ1) is 57.6. The minimum Gasteiger partial charge on any atom is -0.456 e. The fourth-order valence-corrected chi connectivity index (χ4v) is 10.8. The highest BCUT2D eigenvalue weighted by atomic mass is 16.8. The van der Waals surface area contributed by atoms with Gasteiger partial charge in [0.2, 0.25) is 0 Å². The summed E-state index contributed by atoms with van der Waals surface area (Å²) < 4.78 is 70.9. The van der Waals surface area contributed by atoms with Crippen LogP contribution in [0.3, 0.4) is 0 Å². The quantitative estimate of drug-likeness (QED) is 0.0733. The highest BCUT2D eigenvalue weighted by Gasteiger charge is 2.51. The molecule has 4 fully saturated rings. The number of rotatable bonds is 18. The predicted octanol–water partition coefficient (Wildman–Crippen LogP) is 8.98. The van der Waals surface area contributed by atoms with Gasteiger partial charge in [0.25, 0.3) is 0 Å². The van der Waals surface area contributed by atoms with Gasteiger partial charge in [-0.05, 0) is 79.1 Å². The zero-order valence-corrected chi connectivity index (χ0v) is 45.5. The second-order valence-electron chi connectivity index (χ2n) is 21.5. The molecular weight excluding hydrogens is 989 g/mol. The molecule has 0 bridgehead atoms. The van der Waals surface area contributed by atoms with Crippen molar-refractivity contribution in [3.05, 3.63) is 144 Å². The number of carbonyl (C=O) groups excluding carboxylic acids is 4. The van der Waals surface area contributed by atoms with E-state index in [0.717, 1.165) is 0 Å². The highest BCUT2D eigenvalue weighted by Crippen LogP contribution is 2.40. The van der Waals surface area contributed by atoms with E-state index in [1.165, 1.54) is 0 Å². The van der Waals surface area contributed by atoms with Gasteiger partial charge in [-0.25, -0.2) is 19.2 Å². The molecule has 4 aliphatic heterocycles. The highest BCUT2D eigenvalue weighted by molar-refractivity contribution is 5.91. The first-order valence-corrected chi connectivity index (χ1v) is 27.2. The number of carbonyl (C=O) groups is 4. The van der Waals surface area contributed by atoms with Crippen molar-refractivity contribution in [2.75, 3.05) is 26.4 Å². The Kier molecular flexibility index (Phi) is 19.7. The van der Waals surface area contributed by atoms with E-state index in [1.54, 1.807) is 97.1 Å². The van der Waals surface area contributed by atoms with Crippen LogP contribution in [0.4, 0.5) is 0 Å². The predicted molar refractivity (Wildman–Crippen MR) is 281 cm³/mol. The summed E-state index contributed by atoms with van der Waals surface area (Å²) in [6, 6.07) is 35.0. The molecule has 4 heterocycles. The molecule has 0 aromatic heterocycles. The number of aliphatic hydroxyl groups excluding tert-OH is 1. The van der Waals surface area contributed by atoms with Crippen LogP contribution in [0.1, 0.15) is 104 Å². The van der Waals surface area contributed by atoms with Crippen molar-refractivity contribution in [1.29, 1.82) is 0 Å². The van der Waals surface area contributed by atoms with Crippen LogP contribution in [0, 0.1) is 47.3 Å². The third-order valence-electron chi connectivity index (χ3n) is 16.8. The second-order valence-corrected chi connectivity index (χ2v) is 21.5. The van der Waals surface area contributed by atoms with Crippen LogP contribution in [0.25, 0.3) is 0 Å². The van der Waals surface area contributed by atoms with Crippen molar-refractivity contribution < 1.29 is 76.4 Å². The lowest BCUT2D eigenvalue weighted by atomic mass is 9.81. The van der Waals surface area contributed by atoms with Gasteiger partial charge in [-0.3, -0.25) is 0 Å². The van der Waals surface area contributed by atoms with E-state index in [-0.39, 0.29) is 73.8 Å². The van der Waals surface area contributed by atoms with Crippen molar-refractivity contribution in [2.24, 2.45) is 47.3 Å². The molecule has 0 amide bonds. The molecule has 16 heteroatoms. The molecule has 4 aliphatic rings. The molecule has 416 valence electrons. The van der Waals surface area contributed by atoms with E-state index in [9.17, 15) is 24.3 Å². The Morgan fingerprint density at radius 2 is 0.597 bits per heavy atom. The smallest absolute Gasteiger partial charge is 0.338 e. The van der Waals surface area contributed by atoms with E-state index < -0.39 is 97.7 Å². The summed E-state index contributed by atoms with van der Waals surface area (Å²) in [5.74, 6) is -3.82. The summed E-state index contributed by atoms with van der Waals surface area (Å²) in [6.07, 6.45) is -9.03. The van der Waals surface area contributed by atoms with Gasteiger partial charge in [0.15, 0.2) is 37.2 Å². The van der Waals surface area contributed by atoms with Crippen molar-refractivity contribution >= 4 is 23.9 Å². The molecule has 77 heavy (non-hydrogen) atoms. The Labute approximate surface area is 452 Å². The molecular formula is C61H76O16. The molecule has 0 radical (unpaired) electrons. The zero-order chi connectivity index (χ0) is 54.9. The topological polar surface area (TPSA) is 190 Å². The number of hydrogen-bond donors (Lipinski definition) is 1. The summed E-state index contributed by atoms with van der Waals surface area (Å²) in [4.78, 5) is 54.1. The molecule has 8 rings (SSSR count). The van der Waals surface area contributed by atoms with Crippen LogP contribution in [0.15, 0.2) is 121 Å². The van der Waals surface area contributed by atoms with Crippen LogP contribution >= 0.6 is 0 Å². The fraction of sp³-hybridized carbons (Fsp3) is 0.541. The second kappa shape index (κ2) is 26.4. The molecule has 4 aromatic carbocycles. The van der Waals surface area contributed by atoms with Crippen molar-refractivity contribution in [3.63, 3.8) is 0 Å². The van der Waals surface area contributed by atoms with Gasteiger partial charge in [-0.1, -0.05) is 128 Å². The average Bonchev–Trinajstić information content (AvgIpc) is 3.45. The van der Waals surface area contributed by atoms with Gasteiger partial charge in [0.05, 0.1) is 79.2 Å². The molecule has 4 aromatic rings. The minimum atomic E-state index is -1.12. The van der Waals surface area contributed by atoms with Gasteiger partial charge in [0, 0.05) is 23.7 Å². The van der Waals surface area contributed by atoms with E-state index in [1.807, 2.05) is 86.6 Å². The lowest BCUT2D eigenvalue weighted by Crippen LogP contribution is -2.57. The molecule has 4 saturated heterocycles. The average molecular weight is 1070 g/mol. The Morgan fingerprint density at radius 3 is 0.896 bits per heavy atom. The van der Waals surface area contributed by atoms with Crippen LogP contribution < -0.4 is 0 Å². The molecule has 0 spiro atoms. The van der Waals surface area contributed by atoms with Crippen molar-refractivity contribution in [2.45, 2.75) is 136 Å². The summed E-state index contributed by atoms with van der Waals surface area (Å²) in [6.45, 7) is 17.5. The van der Waals surface area contributed by atoms with Crippen LogP contribution in [-0.4, -0.2) is 129 Å². The lowest BCUT2D eigenvalue weighted by molar-refractivity contribution is -0.322. The monoisotopic (exact) mass is 1060 g/mol. The Balaban J connectivity index is 0.995. The standard InChI is InChI=1S/C61H76O16/c1-34-39(6)52(75-56(64)44-24-16-11-17-25-44)59(71-47(34)30-62)68-32-49-36(3)41(8)54(77-58(66)46-28-20-13-21-29-46)61(73-49)69-33-50-37(4)40(7)53(76-57(65)45-26-18-12-19-27-45)60(72-50)67-31-48-35(2)38(5)51(42(9)70-48)74-55(63)43-22-14-10-15-23-43/h10-29,34-42,47-54,59-62H,30-33H2,1-9H3. The summed E-state index contributed by atoms with van der Waals surface area (Å²) in [7, 11) is 0. The van der Waals surface area contributed by atoms with Gasteiger partial charge in [-0.2, -0.15) is 0 Å². The summed E-state index contributed by atoms with van der Waals surface area (Å²) >= 11 is 0. The maximum atomic E-state index is 13.8. The van der Waals surface area contributed by atoms with E-state index in [2.05, 4.69) is 0 Å². The molecule has 1 N–H and O–H groups in total. The first-order chi connectivity index (χ1) is 37.0. The summed E-state index contributed by atoms with van der Waals surface area (Å²) in [5, 5.41) is 10.3. The van der Waals surface area contributed by atoms with Gasteiger partial charge < -0.3 is 57.2 Å².